The number of unbranched alkanes of at least 4 members (excludes halogenated alkanes) is 1. The van der Waals surface area contributed by atoms with Crippen molar-refractivity contribution in [3.05, 3.63) is 0 Å². The van der Waals surface area contributed by atoms with Gasteiger partial charge in [0.25, 0.3) is 0 Å². The Labute approximate surface area is 84.5 Å². The summed E-state index contributed by atoms with van der Waals surface area (Å²) in [6, 6.07) is 0. The highest BCUT2D eigenvalue weighted by Crippen LogP contribution is 1.95. The summed E-state index contributed by atoms with van der Waals surface area (Å²) in [6.45, 7) is 12.7. The summed E-state index contributed by atoms with van der Waals surface area (Å²) in [5.74, 6) is 0. The fourth-order valence-electron chi connectivity index (χ4n) is 1.22. The van der Waals surface area contributed by atoms with Gasteiger partial charge in [0.2, 0.25) is 0 Å². The van der Waals surface area contributed by atoms with Crippen LogP contribution in [-0.2, 0) is 0 Å². The van der Waals surface area contributed by atoms with Crippen molar-refractivity contribution in [3.8, 4) is 0 Å². The molecule has 0 aromatic rings. The summed E-state index contributed by atoms with van der Waals surface area (Å²) in [5, 5.41) is 0. The summed E-state index contributed by atoms with van der Waals surface area (Å²) >= 11 is 0. The summed E-state index contributed by atoms with van der Waals surface area (Å²) < 4.78 is 0. The van der Waals surface area contributed by atoms with Gasteiger partial charge in [0.15, 0.2) is 0 Å². The second-order valence-electron chi connectivity index (χ2n) is 2.98. The SMILES string of the molecule is CC.CCCCN(CCC)CCN. The summed E-state index contributed by atoms with van der Waals surface area (Å²) in [7, 11) is 0. The topological polar surface area (TPSA) is 29.3 Å². The third kappa shape index (κ3) is 11.9. The van der Waals surface area contributed by atoms with E-state index < -0.39 is 0 Å². The van der Waals surface area contributed by atoms with Crippen molar-refractivity contribution in [2.75, 3.05) is 26.2 Å². The van der Waals surface area contributed by atoms with Crippen LogP contribution in [0, 0.1) is 0 Å². The highest BCUT2D eigenvalue weighted by molar-refractivity contribution is 4.56. The lowest BCUT2D eigenvalue weighted by atomic mass is 10.3. The van der Waals surface area contributed by atoms with E-state index in [9.17, 15) is 0 Å². The second kappa shape index (κ2) is 14.4. The van der Waals surface area contributed by atoms with Crippen LogP contribution < -0.4 is 5.73 Å². The van der Waals surface area contributed by atoms with Crippen molar-refractivity contribution in [2.24, 2.45) is 5.73 Å². The van der Waals surface area contributed by atoms with Gasteiger partial charge in [-0.05, 0) is 25.9 Å². The highest BCUT2D eigenvalue weighted by atomic mass is 15.1. The van der Waals surface area contributed by atoms with Gasteiger partial charge in [0.1, 0.15) is 0 Å². The Kier molecular flexibility index (Phi) is 17.1. The van der Waals surface area contributed by atoms with Gasteiger partial charge >= 0.3 is 0 Å². The molecule has 2 nitrogen and oxygen atoms in total. The molecule has 2 N–H and O–H groups in total. The van der Waals surface area contributed by atoms with Gasteiger partial charge in [-0.15, -0.1) is 0 Å². The first-order valence-electron chi connectivity index (χ1n) is 5.77. The molecule has 0 aromatic heterocycles. The van der Waals surface area contributed by atoms with Crippen molar-refractivity contribution < 1.29 is 0 Å². The number of nitrogens with zero attached hydrogens (tertiary/aromatic N) is 1. The largest absolute Gasteiger partial charge is 0.329 e. The first-order valence-corrected chi connectivity index (χ1v) is 5.77. The van der Waals surface area contributed by atoms with Crippen LogP contribution in [0.25, 0.3) is 0 Å². The molecule has 0 unspecified atom stereocenters. The molecule has 0 aromatic carbocycles. The molecule has 0 rings (SSSR count). The van der Waals surface area contributed by atoms with Gasteiger partial charge in [-0.1, -0.05) is 34.1 Å². The van der Waals surface area contributed by atoms with E-state index in [4.69, 9.17) is 5.73 Å². The first kappa shape index (κ1) is 15.4. The molecule has 0 fully saturated rings. The Bertz CT molecular complexity index is 68.5. The molecule has 0 saturated carbocycles. The summed E-state index contributed by atoms with van der Waals surface area (Å²) in [6.07, 6.45) is 3.83. The van der Waals surface area contributed by atoms with Crippen LogP contribution >= 0.6 is 0 Å². The Balaban J connectivity index is 0. The molecule has 0 aliphatic carbocycles. The third-order valence-electron chi connectivity index (χ3n) is 1.81. The average molecular weight is 188 g/mol. The Hall–Kier alpha value is -0.0800. The minimum absolute atomic E-state index is 0.795. The molecule has 82 valence electrons. The maximum Gasteiger partial charge on any atom is 0.0105 e. The molecule has 2 heteroatoms. The van der Waals surface area contributed by atoms with Crippen LogP contribution in [0.1, 0.15) is 47.0 Å². The standard InChI is InChI=1S/C9H22N2.C2H6/c1-3-5-8-11(7-4-2)9-6-10;1-2/h3-10H2,1-2H3;1-2H3. The van der Waals surface area contributed by atoms with E-state index in [1.54, 1.807) is 0 Å². The van der Waals surface area contributed by atoms with Crippen molar-refractivity contribution in [3.63, 3.8) is 0 Å². The van der Waals surface area contributed by atoms with Gasteiger partial charge in [0, 0.05) is 13.1 Å². The normalized spacial score (nSPS) is 9.69. The zero-order chi connectivity index (χ0) is 10.5. The highest BCUT2D eigenvalue weighted by Gasteiger charge is 1.99. The molecule has 0 amide bonds. The number of hydrogen-bond donors (Lipinski definition) is 1. The maximum absolute atomic E-state index is 5.49. The van der Waals surface area contributed by atoms with Crippen LogP contribution in [-0.4, -0.2) is 31.1 Å². The van der Waals surface area contributed by atoms with Crippen LogP contribution in [0.2, 0.25) is 0 Å². The fraction of sp³-hybridized carbons (Fsp3) is 1.00. The van der Waals surface area contributed by atoms with Gasteiger partial charge in [0.05, 0.1) is 0 Å². The smallest absolute Gasteiger partial charge is 0.0105 e. The molecule has 0 spiro atoms. The molecule has 0 saturated heterocycles. The van der Waals surface area contributed by atoms with Crippen LogP contribution in [0.5, 0.6) is 0 Å². The zero-order valence-electron chi connectivity index (χ0n) is 9.97. The Morgan fingerprint density at radius 2 is 1.54 bits per heavy atom. The van der Waals surface area contributed by atoms with E-state index in [0.29, 0.717) is 0 Å². The lowest BCUT2D eigenvalue weighted by Gasteiger charge is -2.19. The van der Waals surface area contributed by atoms with Gasteiger partial charge < -0.3 is 10.6 Å². The van der Waals surface area contributed by atoms with E-state index in [2.05, 4.69) is 18.7 Å². The van der Waals surface area contributed by atoms with Crippen LogP contribution in [0.4, 0.5) is 0 Å². The molecular formula is C11H28N2. The van der Waals surface area contributed by atoms with Gasteiger partial charge in [-0.3, -0.25) is 0 Å². The third-order valence-corrected chi connectivity index (χ3v) is 1.81. The van der Waals surface area contributed by atoms with E-state index >= 15 is 0 Å². The summed E-state index contributed by atoms with van der Waals surface area (Å²) in [5.41, 5.74) is 5.49. The van der Waals surface area contributed by atoms with Crippen molar-refractivity contribution in [1.29, 1.82) is 0 Å². The van der Waals surface area contributed by atoms with E-state index in [-0.39, 0.29) is 0 Å². The average Bonchev–Trinajstić information content (AvgIpc) is 2.18. The van der Waals surface area contributed by atoms with Crippen molar-refractivity contribution in [1.82, 2.24) is 4.90 Å². The molecule has 0 radical (unpaired) electrons. The van der Waals surface area contributed by atoms with E-state index in [1.165, 1.54) is 32.4 Å². The van der Waals surface area contributed by atoms with Crippen molar-refractivity contribution >= 4 is 0 Å². The molecule has 13 heavy (non-hydrogen) atoms. The Morgan fingerprint density at radius 1 is 0.923 bits per heavy atom. The molecule has 0 aliphatic heterocycles. The number of nitrogens with two attached hydrogens (primary N) is 1. The fourth-order valence-corrected chi connectivity index (χ4v) is 1.22. The van der Waals surface area contributed by atoms with Crippen molar-refractivity contribution in [2.45, 2.75) is 47.0 Å². The minimum Gasteiger partial charge on any atom is -0.329 e. The van der Waals surface area contributed by atoms with Crippen LogP contribution in [0.15, 0.2) is 0 Å². The lowest BCUT2D eigenvalue weighted by molar-refractivity contribution is 0.277. The quantitative estimate of drug-likeness (QED) is 0.665. The minimum atomic E-state index is 0.795. The predicted molar refractivity (Wildman–Crippen MR) is 62.0 cm³/mol. The van der Waals surface area contributed by atoms with Gasteiger partial charge in [-0.2, -0.15) is 0 Å². The predicted octanol–water partition coefficient (Wildman–Crippen LogP) is 2.48. The zero-order valence-corrected chi connectivity index (χ0v) is 9.97. The molecule has 0 aliphatic rings. The first-order chi connectivity index (χ1) is 6.35. The second-order valence-corrected chi connectivity index (χ2v) is 2.98. The number of hydrogen-bond acceptors (Lipinski definition) is 2. The summed E-state index contributed by atoms with van der Waals surface area (Å²) in [4.78, 5) is 2.45. The van der Waals surface area contributed by atoms with E-state index in [1.807, 2.05) is 13.8 Å². The number of rotatable bonds is 7. The lowest BCUT2D eigenvalue weighted by Crippen LogP contribution is -2.31. The molecule has 0 atom stereocenters. The molecule has 0 heterocycles. The molecule has 0 bridgehead atoms. The van der Waals surface area contributed by atoms with Gasteiger partial charge in [-0.25, -0.2) is 0 Å². The van der Waals surface area contributed by atoms with Crippen LogP contribution in [0.3, 0.4) is 0 Å². The Morgan fingerprint density at radius 3 is 1.92 bits per heavy atom. The monoisotopic (exact) mass is 188 g/mol. The molecular weight excluding hydrogens is 160 g/mol. The van der Waals surface area contributed by atoms with E-state index in [0.717, 1.165) is 13.1 Å². The maximum atomic E-state index is 5.49.